The van der Waals surface area contributed by atoms with Gasteiger partial charge in [0.25, 0.3) is 0 Å². The molecule has 0 aliphatic carbocycles. The molecule has 0 fully saturated rings. The molecule has 0 aliphatic rings. The lowest BCUT2D eigenvalue weighted by atomic mass is 10.0. The van der Waals surface area contributed by atoms with E-state index in [9.17, 15) is 0 Å². The van der Waals surface area contributed by atoms with Crippen molar-refractivity contribution >= 4 is 0 Å². The summed E-state index contributed by atoms with van der Waals surface area (Å²) >= 11 is 0. The zero-order valence-corrected chi connectivity index (χ0v) is 11.3. The molecule has 1 rings (SSSR count). The van der Waals surface area contributed by atoms with Gasteiger partial charge in [0.2, 0.25) is 0 Å². The van der Waals surface area contributed by atoms with Crippen LogP contribution < -0.4 is 5.32 Å². The highest BCUT2D eigenvalue weighted by molar-refractivity contribution is 5.36. The van der Waals surface area contributed by atoms with E-state index in [-0.39, 0.29) is 0 Å². The van der Waals surface area contributed by atoms with E-state index < -0.39 is 0 Å². The van der Waals surface area contributed by atoms with Gasteiger partial charge in [0.1, 0.15) is 0 Å². The summed E-state index contributed by atoms with van der Waals surface area (Å²) in [6.07, 6.45) is 3.17. The Kier molecular flexibility index (Phi) is 6.23. The van der Waals surface area contributed by atoms with Crippen molar-refractivity contribution in [3.05, 3.63) is 34.4 Å². The second kappa shape index (κ2) is 7.46. The Balaban J connectivity index is 2.34. The van der Waals surface area contributed by atoms with Crippen molar-refractivity contribution in [3.8, 4) is 0 Å². The predicted molar refractivity (Wildman–Crippen MR) is 73.3 cm³/mol. The van der Waals surface area contributed by atoms with Crippen LogP contribution in [-0.2, 0) is 6.54 Å². The molecular formula is C15H25NO. The number of aliphatic hydroxyl groups is 1. The van der Waals surface area contributed by atoms with Gasteiger partial charge in [0.15, 0.2) is 0 Å². The van der Waals surface area contributed by atoms with Crippen LogP contribution in [0.2, 0.25) is 0 Å². The first kappa shape index (κ1) is 14.2. The summed E-state index contributed by atoms with van der Waals surface area (Å²) < 4.78 is 0. The number of hydrogen-bond acceptors (Lipinski definition) is 2. The highest BCUT2D eigenvalue weighted by Crippen LogP contribution is 2.15. The molecule has 0 radical (unpaired) electrons. The average Bonchev–Trinajstić information content (AvgIpc) is 2.30. The van der Waals surface area contributed by atoms with Crippen LogP contribution in [0.1, 0.15) is 41.5 Å². The number of aliphatic hydroxyl groups excluding tert-OH is 1. The Bertz CT molecular complexity index is 347. The molecule has 2 nitrogen and oxygen atoms in total. The van der Waals surface area contributed by atoms with Crippen molar-refractivity contribution in [2.75, 3.05) is 13.2 Å². The zero-order valence-electron chi connectivity index (χ0n) is 11.3. The van der Waals surface area contributed by atoms with Gasteiger partial charge in [-0.15, -0.1) is 0 Å². The van der Waals surface area contributed by atoms with Gasteiger partial charge in [-0.25, -0.2) is 0 Å². The van der Waals surface area contributed by atoms with Crippen molar-refractivity contribution < 1.29 is 5.11 Å². The second-order valence-corrected chi connectivity index (χ2v) is 4.82. The number of hydrogen-bond donors (Lipinski definition) is 2. The van der Waals surface area contributed by atoms with Gasteiger partial charge in [-0.1, -0.05) is 12.1 Å². The Hall–Kier alpha value is -0.860. The van der Waals surface area contributed by atoms with Crippen molar-refractivity contribution in [2.24, 2.45) is 0 Å². The van der Waals surface area contributed by atoms with Gasteiger partial charge in [0, 0.05) is 13.2 Å². The van der Waals surface area contributed by atoms with Gasteiger partial charge in [-0.05, 0) is 68.8 Å². The van der Waals surface area contributed by atoms with E-state index in [1.54, 1.807) is 0 Å². The standard InChI is InChI=1S/C15H25NO/c1-12-9-14(3)15(10-13(12)2)11-16-7-5-4-6-8-17/h9-10,16-17H,4-8,11H2,1-3H3. The van der Waals surface area contributed by atoms with Crippen molar-refractivity contribution in [2.45, 2.75) is 46.6 Å². The van der Waals surface area contributed by atoms with Gasteiger partial charge >= 0.3 is 0 Å². The molecule has 2 N–H and O–H groups in total. The number of unbranched alkanes of at least 4 members (excludes halogenated alkanes) is 2. The molecule has 0 spiro atoms. The molecule has 0 unspecified atom stereocenters. The molecule has 0 saturated carbocycles. The molecule has 2 heteroatoms. The molecule has 0 aromatic heterocycles. The molecular weight excluding hydrogens is 210 g/mol. The Morgan fingerprint density at radius 2 is 1.65 bits per heavy atom. The maximum absolute atomic E-state index is 8.67. The van der Waals surface area contributed by atoms with Crippen LogP contribution in [0.15, 0.2) is 12.1 Å². The highest BCUT2D eigenvalue weighted by atomic mass is 16.2. The number of nitrogens with one attached hydrogen (secondary N) is 1. The first-order valence-electron chi connectivity index (χ1n) is 6.53. The fourth-order valence-electron chi connectivity index (χ4n) is 1.97. The lowest BCUT2D eigenvalue weighted by Crippen LogP contribution is -2.15. The van der Waals surface area contributed by atoms with E-state index in [4.69, 9.17) is 5.11 Å². The molecule has 0 saturated heterocycles. The van der Waals surface area contributed by atoms with Crippen LogP contribution in [0.5, 0.6) is 0 Å². The van der Waals surface area contributed by atoms with Crippen LogP contribution >= 0.6 is 0 Å². The summed E-state index contributed by atoms with van der Waals surface area (Å²) in [4.78, 5) is 0. The maximum Gasteiger partial charge on any atom is 0.0431 e. The van der Waals surface area contributed by atoms with Gasteiger partial charge < -0.3 is 10.4 Å². The second-order valence-electron chi connectivity index (χ2n) is 4.82. The topological polar surface area (TPSA) is 32.3 Å². The number of rotatable bonds is 7. The van der Waals surface area contributed by atoms with E-state index in [1.807, 2.05) is 0 Å². The van der Waals surface area contributed by atoms with Crippen molar-refractivity contribution in [1.82, 2.24) is 5.32 Å². The summed E-state index contributed by atoms with van der Waals surface area (Å²) in [6.45, 7) is 8.80. The third kappa shape index (κ3) is 4.88. The van der Waals surface area contributed by atoms with Gasteiger partial charge in [-0.3, -0.25) is 0 Å². The summed E-state index contributed by atoms with van der Waals surface area (Å²) in [6, 6.07) is 4.55. The Labute approximate surface area is 105 Å². The molecule has 0 bridgehead atoms. The van der Waals surface area contributed by atoms with E-state index >= 15 is 0 Å². The van der Waals surface area contributed by atoms with Crippen LogP contribution in [0.25, 0.3) is 0 Å². The molecule has 0 aliphatic heterocycles. The van der Waals surface area contributed by atoms with Crippen LogP contribution in [0, 0.1) is 20.8 Å². The summed E-state index contributed by atoms with van der Waals surface area (Å²) in [7, 11) is 0. The molecule has 0 amide bonds. The van der Waals surface area contributed by atoms with Crippen LogP contribution in [-0.4, -0.2) is 18.3 Å². The van der Waals surface area contributed by atoms with Crippen molar-refractivity contribution in [3.63, 3.8) is 0 Å². The van der Waals surface area contributed by atoms with E-state index in [2.05, 4.69) is 38.2 Å². The SMILES string of the molecule is Cc1cc(C)c(CNCCCCCO)cc1C. The maximum atomic E-state index is 8.67. The normalized spacial score (nSPS) is 10.8. The molecule has 0 atom stereocenters. The Morgan fingerprint density at radius 1 is 0.941 bits per heavy atom. The predicted octanol–water partition coefficient (Wildman–Crippen LogP) is 2.86. The quantitative estimate of drug-likeness (QED) is 0.712. The third-order valence-electron chi connectivity index (χ3n) is 3.28. The molecule has 96 valence electrons. The highest BCUT2D eigenvalue weighted by Gasteiger charge is 2.01. The average molecular weight is 235 g/mol. The van der Waals surface area contributed by atoms with Crippen LogP contribution in [0.4, 0.5) is 0 Å². The summed E-state index contributed by atoms with van der Waals surface area (Å²) in [5, 5.41) is 12.1. The smallest absolute Gasteiger partial charge is 0.0431 e. The minimum absolute atomic E-state index is 0.316. The largest absolute Gasteiger partial charge is 0.396 e. The number of aryl methyl sites for hydroxylation is 3. The van der Waals surface area contributed by atoms with Crippen LogP contribution in [0.3, 0.4) is 0 Å². The van der Waals surface area contributed by atoms with E-state index in [0.29, 0.717) is 6.61 Å². The number of benzene rings is 1. The molecule has 1 aromatic carbocycles. The zero-order chi connectivity index (χ0) is 12.7. The molecule has 0 heterocycles. The van der Waals surface area contributed by atoms with Gasteiger partial charge in [-0.2, -0.15) is 0 Å². The Morgan fingerprint density at radius 3 is 2.35 bits per heavy atom. The lowest BCUT2D eigenvalue weighted by molar-refractivity contribution is 0.283. The molecule has 1 aromatic rings. The van der Waals surface area contributed by atoms with E-state index in [0.717, 1.165) is 32.4 Å². The monoisotopic (exact) mass is 235 g/mol. The van der Waals surface area contributed by atoms with E-state index in [1.165, 1.54) is 22.3 Å². The third-order valence-corrected chi connectivity index (χ3v) is 3.28. The lowest BCUT2D eigenvalue weighted by Gasteiger charge is -2.11. The van der Waals surface area contributed by atoms with Crippen molar-refractivity contribution in [1.29, 1.82) is 0 Å². The van der Waals surface area contributed by atoms with Gasteiger partial charge in [0.05, 0.1) is 0 Å². The fraction of sp³-hybridized carbons (Fsp3) is 0.600. The summed E-state index contributed by atoms with van der Waals surface area (Å²) in [5.41, 5.74) is 5.51. The first-order chi connectivity index (χ1) is 8.15. The minimum atomic E-state index is 0.316. The summed E-state index contributed by atoms with van der Waals surface area (Å²) in [5.74, 6) is 0. The minimum Gasteiger partial charge on any atom is -0.396 e. The molecule has 17 heavy (non-hydrogen) atoms. The fourth-order valence-corrected chi connectivity index (χ4v) is 1.97. The first-order valence-corrected chi connectivity index (χ1v) is 6.53.